The number of ether oxygens (including phenoxy) is 1. The van der Waals surface area contributed by atoms with Gasteiger partial charge in [0.15, 0.2) is 0 Å². The molecule has 0 aromatic heterocycles. The van der Waals surface area contributed by atoms with E-state index in [9.17, 15) is 0 Å². The minimum absolute atomic E-state index is 0.260. The average molecular weight is 270 g/mol. The Morgan fingerprint density at radius 2 is 2.06 bits per heavy atom. The molecule has 0 heterocycles. The van der Waals surface area contributed by atoms with E-state index in [0.717, 1.165) is 31.1 Å². The smallest absolute Gasteiger partial charge is 0.0467 e. The van der Waals surface area contributed by atoms with Crippen LogP contribution >= 0.6 is 11.6 Å². The second kappa shape index (κ2) is 7.13. The van der Waals surface area contributed by atoms with Crippen LogP contribution in [0.15, 0.2) is 18.2 Å². The number of nitrogens with one attached hydrogen (secondary N) is 1. The molecule has 0 unspecified atom stereocenters. The Morgan fingerprint density at radius 3 is 2.67 bits per heavy atom. The molecule has 2 nitrogen and oxygen atoms in total. The van der Waals surface area contributed by atoms with Gasteiger partial charge in [-0.25, -0.2) is 0 Å². The molecule has 0 saturated carbocycles. The van der Waals surface area contributed by atoms with Gasteiger partial charge in [0.05, 0.1) is 0 Å². The molecule has 0 amide bonds. The summed E-state index contributed by atoms with van der Waals surface area (Å²) in [5, 5.41) is 4.31. The van der Waals surface area contributed by atoms with Gasteiger partial charge in [0.2, 0.25) is 0 Å². The van der Waals surface area contributed by atoms with Crippen LogP contribution < -0.4 is 5.32 Å². The van der Waals surface area contributed by atoms with Gasteiger partial charge in [-0.1, -0.05) is 31.5 Å². The van der Waals surface area contributed by atoms with Gasteiger partial charge in [-0.2, -0.15) is 0 Å². The Morgan fingerprint density at radius 1 is 1.33 bits per heavy atom. The highest BCUT2D eigenvalue weighted by atomic mass is 35.5. The molecule has 102 valence electrons. The fraction of sp³-hybridized carbons (Fsp3) is 0.600. The molecule has 0 atom stereocenters. The molecule has 1 aromatic rings. The highest BCUT2D eigenvalue weighted by Gasteiger charge is 2.16. The third kappa shape index (κ3) is 5.38. The zero-order valence-electron chi connectivity index (χ0n) is 11.8. The van der Waals surface area contributed by atoms with Gasteiger partial charge < -0.3 is 10.1 Å². The van der Waals surface area contributed by atoms with Crippen molar-refractivity contribution in [3.8, 4) is 0 Å². The normalized spacial score (nSPS) is 11.8. The van der Waals surface area contributed by atoms with Crippen LogP contribution in [0.1, 0.15) is 31.4 Å². The zero-order chi connectivity index (χ0) is 13.6. The van der Waals surface area contributed by atoms with Crippen molar-refractivity contribution in [2.24, 2.45) is 5.41 Å². The van der Waals surface area contributed by atoms with Crippen LogP contribution in [0.3, 0.4) is 0 Å². The lowest BCUT2D eigenvalue weighted by Gasteiger charge is -2.25. The summed E-state index contributed by atoms with van der Waals surface area (Å²) in [5.74, 6) is 0. The van der Waals surface area contributed by atoms with Crippen LogP contribution in [0.25, 0.3) is 0 Å². The standard InChI is InChI=1S/C15H24ClNO/c1-12-9-14(16)6-5-13(12)10-17-11-15(2,3)7-8-18-4/h5-6,9,17H,7-8,10-11H2,1-4H3. The average Bonchev–Trinajstić information content (AvgIpc) is 2.29. The van der Waals surface area contributed by atoms with Gasteiger partial charge in [-0.3, -0.25) is 0 Å². The van der Waals surface area contributed by atoms with E-state index in [1.54, 1.807) is 7.11 Å². The molecule has 0 fully saturated rings. The Kier molecular flexibility index (Phi) is 6.13. The summed E-state index contributed by atoms with van der Waals surface area (Å²) in [6.07, 6.45) is 1.07. The van der Waals surface area contributed by atoms with Gasteiger partial charge in [0, 0.05) is 31.8 Å². The summed E-state index contributed by atoms with van der Waals surface area (Å²) in [4.78, 5) is 0. The lowest BCUT2D eigenvalue weighted by Crippen LogP contribution is -2.30. The molecule has 0 aliphatic carbocycles. The van der Waals surface area contributed by atoms with Gasteiger partial charge in [0.25, 0.3) is 0 Å². The molecule has 0 spiro atoms. The van der Waals surface area contributed by atoms with Crippen molar-refractivity contribution in [1.29, 1.82) is 0 Å². The van der Waals surface area contributed by atoms with E-state index in [1.807, 2.05) is 12.1 Å². The van der Waals surface area contributed by atoms with Crippen LogP contribution in [0.4, 0.5) is 0 Å². The second-order valence-corrected chi connectivity index (χ2v) is 6.02. The van der Waals surface area contributed by atoms with Crippen molar-refractivity contribution < 1.29 is 4.74 Å². The maximum Gasteiger partial charge on any atom is 0.0467 e. The Bertz CT molecular complexity index is 377. The maximum absolute atomic E-state index is 5.95. The van der Waals surface area contributed by atoms with E-state index in [4.69, 9.17) is 16.3 Å². The topological polar surface area (TPSA) is 21.3 Å². The van der Waals surface area contributed by atoms with Gasteiger partial charge in [0.1, 0.15) is 0 Å². The van der Waals surface area contributed by atoms with Crippen molar-refractivity contribution in [3.05, 3.63) is 34.3 Å². The molecule has 0 saturated heterocycles. The van der Waals surface area contributed by atoms with Gasteiger partial charge in [-0.15, -0.1) is 0 Å². The molecule has 1 rings (SSSR count). The van der Waals surface area contributed by atoms with E-state index >= 15 is 0 Å². The van der Waals surface area contributed by atoms with Crippen LogP contribution in [0.5, 0.6) is 0 Å². The third-order valence-corrected chi connectivity index (χ3v) is 3.44. The van der Waals surface area contributed by atoms with Crippen molar-refractivity contribution in [3.63, 3.8) is 0 Å². The van der Waals surface area contributed by atoms with Crippen molar-refractivity contribution >= 4 is 11.6 Å². The van der Waals surface area contributed by atoms with E-state index in [2.05, 4.69) is 32.2 Å². The van der Waals surface area contributed by atoms with Gasteiger partial charge in [-0.05, 0) is 42.0 Å². The molecule has 1 aromatic carbocycles. The minimum atomic E-state index is 0.260. The van der Waals surface area contributed by atoms with Crippen LogP contribution in [-0.4, -0.2) is 20.3 Å². The Labute approximate surface area is 116 Å². The summed E-state index contributed by atoms with van der Waals surface area (Å²) in [6.45, 7) is 9.30. The van der Waals surface area contributed by atoms with Crippen molar-refractivity contribution in [2.45, 2.75) is 33.7 Å². The zero-order valence-corrected chi connectivity index (χ0v) is 12.6. The van der Waals surface area contributed by atoms with Crippen molar-refractivity contribution in [1.82, 2.24) is 5.32 Å². The summed E-state index contributed by atoms with van der Waals surface area (Å²) in [7, 11) is 1.75. The highest BCUT2D eigenvalue weighted by molar-refractivity contribution is 6.30. The summed E-state index contributed by atoms with van der Waals surface area (Å²) in [5.41, 5.74) is 2.81. The number of halogens is 1. The maximum atomic E-state index is 5.95. The van der Waals surface area contributed by atoms with Crippen LogP contribution in [0.2, 0.25) is 5.02 Å². The Balaban J connectivity index is 2.41. The second-order valence-electron chi connectivity index (χ2n) is 5.58. The van der Waals surface area contributed by atoms with Crippen LogP contribution in [-0.2, 0) is 11.3 Å². The molecular weight excluding hydrogens is 246 g/mol. The predicted octanol–water partition coefficient (Wildman–Crippen LogP) is 3.80. The van der Waals surface area contributed by atoms with E-state index in [-0.39, 0.29) is 5.41 Å². The molecule has 0 aliphatic rings. The first-order valence-corrected chi connectivity index (χ1v) is 6.77. The Hall–Kier alpha value is -0.570. The van der Waals surface area contributed by atoms with Crippen LogP contribution in [0, 0.1) is 12.3 Å². The summed E-state index contributed by atoms with van der Waals surface area (Å²) in [6, 6.07) is 6.04. The number of benzene rings is 1. The third-order valence-electron chi connectivity index (χ3n) is 3.21. The lowest BCUT2D eigenvalue weighted by molar-refractivity contribution is 0.150. The number of rotatable bonds is 7. The highest BCUT2D eigenvalue weighted by Crippen LogP contribution is 2.19. The molecular formula is C15H24ClNO. The molecule has 0 aliphatic heterocycles. The van der Waals surface area contributed by atoms with E-state index in [1.165, 1.54) is 11.1 Å². The number of hydrogen-bond acceptors (Lipinski definition) is 2. The van der Waals surface area contributed by atoms with Gasteiger partial charge >= 0.3 is 0 Å². The van der Waals surface area contributed by atoms with E-state index < -0.39 is 0 Å². The predicted molar refractivity (Wildman–Crippen MR) is 78.2 cm³/mol. The van der Waals surface area contributed by atoms with E-state index in [0.29, 0.717) is 0 Å². The molecule has 1 N–H and O–H groups in total. The lowest BCUT2D eigenvalue weighted by atomic mass is 9.89. The fourth-order valence-electron chi connectivity index (χ4n) is 1.86. The molecule has 0 radical (unpaired) electrons. The minimum Gasteiger partial charge on any atom is -0.385 e. The largest absolute Gasteiger partial charge is 0.385 e. The summed E-state index contributed by atoms with van der Waals surface area (Å²) < 4.78 is 5.13. The molecule has 18 heavy (non-hydrogen) atoms. The first-order chi connectivity index (χ1) is 8.44. The number of aryl methyl sites for hydroxylation is 1. The number of hydrogen-bond donors (Lipinski definition) is 1. The molecule has 0 bridgehead atoms. The SMILES string of the molecule is COCCC(C)(C)CNCc1ccc(Cl)cc1C. The monoisotopic (exact) mass is 269 g/mol. The number of methoxy groups -OCH3 is 1. The fourth-order valence-corrected chi connectivity index (χ4v) is 2.09. The quantitative estimate of drug-likeness (QED) is 0.813. The first kappa shape index (κ1) is 15.5. The molecule has 3 heteroatoms. The summed E-state index contributed by atoms with van der Waals surface area (Å²) >= 11 is 5.95. The first-order valence-electron chi connectivity index (χ1n) is 6.39. The van der Waals surface area contributed by atoms with Crippen molar-refractivity contribution in [2.75, 3.05) is 20.3 Å².